The standard InChI is InChI=1S/C24H26N4O5/c1-16-10-12-19(33-16)22-17(14-28(27-22)18-8-6-5-7-9-18)11-13-21(30)32-15-20(29)25-23(31)26-24(2,3)4/h5-14H,15H2,1-4H3,(H2,25,26,29,31)/b13-11+. The van der Waals surface area contributed by atoms with Crippen molar-refractivity contribution in [1.29, 1.82) is 0 Å². The molecular formula is C24H26N4O5. The lowest BCUT2D eigenvalue weighted by Crippen LogP contribution is -2.49. The van der Waals surface area contributed by atoms with Crippen LogP contribution in [0.2, 0.25) is 0 Å². The maximum Gasteiger partial charge on any atom is 0.331 e. The van der Waals surface area contributed by atoms with Crippen molar-refractivity contribution in [1.82, 2.24) is 20.4 Å². The van der Waals surface area contributed by atoms with E-state index >= 15 is 0 Å². The normalized spacial score (nSPS) is 11.4. The molecule has 172 valence electrons. The topological polar surface area (TPSA) is 115 Å². The van der Waals surface area contributed by atoms with E-state index in [1.54, 1.807) is 37.7 Å². The Bertz CT molecular complexity index is 1170. The minimum absolute atomic E-state index is 0.502. The number of rotatable bonds is 6. The number of aryl methyl sites for hydroxylation is 1. The van der Waals surface area contributed by atoms with Gasteiger partial charge in [-0.2, -0.15) is 5.10 Å². The van der Waals surface area contributed by atoms with Gasteiger partial charge in [-0.1, -0.05) is 18.2 Å². The van der Waals surface area contributed by atoms with Crippen LogP contribution >= 0.6 is 0 Å². The summed E-state index contributed by atoms with van der Waals surface area (Å²) in [5.41, 5.74) is 1.51. The van der Waals surface area contributed by atoms with Crippen molar-refractivity contribution in [2.24, 2.45) is 0 Å². The van der Waals surface area contributed by atoms with Crippen molar-refractivity contribution in [3.8, 4) is 17.1 Å². The molecule has 0 unspecified atom stereocenters. The van der Waals surface area contributed by atoms with Crippen LogP contribution in [0.3, 0.4) is 0 Å². The number of hydrogen-bond donors (Lipinski definition) is 2. The predicted molar refractivity (Wildman–Crippen MR) is 122 cm³/mol. The highest BCUT2D eigenvalue weighted by molar-refractivity contribution is 5.96. The molecule has 0 aliphatic rings. The molecule has 33 heavy (non-hydrogen) atoms. The molecule has 0 saturated heterocycles. The number of esters is 1. The van der Waals surface area contributed by atoms with Gasteiger partial charge >= 0.3 is 12.0 Å². The summed E-state index contributed by atoms with van der Waals surface area (Å²) in [4.78, 5) is 35.6. The van der Waals surface area contributed by atoms with Gasteiger partial charge in [-0.25, -0.2) is 14.3 Å². The average molecular weight is 450 g/mol. The smallest absolute Gasteiger partial charge is 0.331 e. The molecule has 0 bridgehead atoms. The molecule has 9 nitrogen and oxygen atoms in total. The van der Waals surface area contributed by atoms with E-state index in [1.165, 1.54) is 12.2 Å². The van der Waals surface area contributed by atoms with Gasteiger partial charge < -0.3 is 14.5 Å². The first-order chi connectivity index (χ1) is 15.6. The van der Waals surface area contributed by atoms with E-state index in [4.69, 9.17) is 9.15 Å². The first-order valence-electron chi connectivity index (χ1n) is 10.3. The van der Waals surface area contributed by atoms with Gasteiger partial charge in [0.15, 0.2) is 12.4 Å². The van der Waals surface area contributed by atoms with Crippen LogP contribution in [0.15, 0.2) is 59.2 Å². The van der Waals surface area contributed by atoms with Crippen LogP contribution in [0.1, 0.15) is 32.1 Å². The van der Waals surface area contributed by atoms with E-state index < -0.39 is 30.1 Å². The second-order valence-corrected chi connectivity index (χ2v) is 8.32. The molecule has 1 aromatic carbocycles. The monoisotopic (exact) mass is 450 g/mol. The van der Waals surface area contributed by atoms with Crippen molar-refractivity contribution >= 4 is 24.0 Å². The minimum atomic E-state index is -0.740. The lowest BCUT2D eigenvalue weighted by molar-refractivity contribution is -0.143. The fourth-order valence-electron chi connectivity index (χ4n) is 2.85. The molecule has 9 heteroatoms. The Balaban J connectivity index is 1.68. The maximum absolute atomic E-state index is 12.1. The summed E-state index contributed by atoms with van der Waals surface area (Å²) in [6, 6.07) is 12.5. The summed E-state index contributed by atoms with van der Waals surface area (Å²) in [5.74, 6) is -0.188. The van der Waals surface area contributed by atoms with Crippen LogP contribution in [0.25, 0.3) is 23.2 Å². The van der Waals surface area contributed by atoms with Crippen molar-refractivity contribution in [2.75, 3.05) is 6.61 Å². The highest BCUT2D eigenvalue weighted by atomic mass is 16.5. The van der Waals surface area contributed by atoms with Gasteiger partial charge in [0.25, 0.3) is 5.91 Å². The number of imide groups is 1. The van der Waals surface area contributed by atoms with Gasteiger partial charge in [0.2, 0.25) is 0 Å². The second kappa shape index (κ2) is 9.99. The van der Waals surface area contributed by atoms with Crippen LogP contribution in [-0.4, -0.2) is 39.8 Å². The largest absolute Gasteiger partial charge is 0.460 e. The van der Waals surface area contributed by atoms with Gasteiger partial charge in [0.05, 0.1) is 5.69 Å². The minimum Gasteiger partial charge on any atom is -0.460 e. The number of amides is 3. The molecule has 0 saturated carbocycles. The predicted octanol–water partition coefficient (Wildman–Crippen LogP) is 3.62. The van der Waals surface area contributed by atoms with E-state index in [0.29, 0.717) is 17.0 Å². The van der Waals surface area contributed by atoms with E-state index in [1.807, 2.05) is 43.3 Å². The number of para-hydroxylation sites is 1. The number of nitrogens with zero attached hydrogens (tertiary/aromatic N) is 2. The fraction of sp³-hybridized carbons (Fsp3) is 0.250. The van der Waals surface area contributed by atoms with E-state index in [0.717, 1.165) is 11.4 Å². The summed E-state index contributed by atoms with van der Waals surface area (Å²) in [6.45, 7) is 6.58. The van der Waals surface area contributed by atoms with Crippen LogP contribution in [0.4, 0.5) is 4.79 Å². The van der Waals surface area contributed by atoms with Crippen molar-refractivity contribution in [2.45, 2.75) is 33.2 Å². The van der Waals surface area contributed by atoms with Crippen molar-refractivity contribution in [3.63, 3.8) is 0 Å². The highest BCUT2D eigenvalue weighted by Crippen LogP contribution is 2.26. The molecule has 0 atom stereocenters. The van der Waals surface area contributed by atoms with Gasteiger partial charge in [0, 0.05) is 23.4 Å². The van der Waals surface area contributed by atoms with Gasteiger partial charge in [0.1, 0.15) is 11.5 Å². The molecule has 3 amide bonds. The third-order valence-corrected chi connectivity index (χ3v) is 4.22. The van der Waals surface area contributed by atoms with Crippen LogP contribution in [0.5, 0.6) is 0 Å². The van der Waals surface area contributed by atoms with E-state index in [-0.39, 0.29) is 0 Å². The number of benzene rings is 1. The molecular weight excluding hydrogens is 424 g/mol. The highest BCUT2D eigenvalue weighted by Gasteiger charge is 2.17. The average Bonchev–Trinajstić information content (AvgIpc) is 3.36. The van der Waals surface area contributed by atoms with Crippen LogP contribution in [-0.2, 0) is 14.3 Å². The number of aromatic nitrogens is 2. The summed E-state index contributed by atoms with van der Waals surface area (Å²) in [5, 5.41) is 9.27. The molecule has 0 spiro atoms. The van der Waals surface area contributed by atoms with Crippen LogP contribution < -0.4 is 10.6 Å². The Labute approximate surface area is 191 Å². The number of nitrogens with one attached hydrogen (secondary N) is 2. The van der Waals surface area contributed by atoms with E-state index in [2.05, 4.69) is 15.7 Å². The third kappa shape index (κ3) is 6.93. The molecule has 0 aliphatic carbocycles. The molecule has 2 heterocycles. The Morgan fingerprint density at radius 1 is 1.12 bits per heavy atom. The van der Waals surface area contributed by atoms with Crippen molar-refractivity contribution in [3.05, 3.63) is 66.1 Å². The number of furan rings is 1. The Morgan fingerprint density at radius 2 is 1.85 bits per heavy atom. The molecule has 0 fully saturated rings. The Kier molecular flexibility index (Phi) is 7.12. The first kappa shape index (κ1) is 23.5. The summed E-state index contributed by atoms with van der Waals surface area (Å²) in [6.07, 6.45) is 4.48. The summed E-state index contributed by atoms with van der Waals surface area (Å²) >= 11 is 0. The molecule has 3 aromatic rings. The zero-order chi connectivity index (χ0) is 24.0. The van der Waals surface area contributed by atoms with E-state index in [9.17, 15) is 14.4 Å². The molecule has 2 N–H and O–H groups in total. The number of carbonyl (C=O) groups excluding carboxylic acids is 3. The molecule has 3 rings (SSSR count). The second-order valence-electron chi connectivity index (χ2n) is 8.32. The number of urea groups is 1. The van der Waals surface area contributed by atoms with Gasteiger partial charge in [-0.3, -0.25) is 10.1 Å². The number of ether oxygens (including phenoxy) is 1. The quantitative estimate of drug-likeness (QED) is 0.438. The maximum atomic E-state index is 12.1. The fourth-order valence-corrected chi connectivity index (χ4v) is 2.85. The Hall–Kier alpha value is -4.14. The summed E-state index contributed by atoms with van der Waals surface area (Å²) < 4.78 is 12.3. The zero-order valence-electron chi connectivity index (χ0n) is 18.9. The third-order valence-electron chi connectivity index (χ3n) is 4.22. The lowest BCUT2D eigenvalue weighted by Gasteiger charge is -2.20. The van der Waals surface area contributed by atoms with Gasteiger partial charge in [-0.05, 0) is 58.0 Å². The van der Waals surface area contributed by atoms with Crippen LogP contribution in [0, 0.1) is 6.92 Å². The molecule has 0 radical (unpaired) electrons. The summed E-state index contributed by atoms with van der Waals surface area (Å²) in [7, 11) is 0. The molecule has 0 aliphatic heterocycles. The number of hydrogen-bond acceptors (Lipinski definition) is 6. The first-order valence-corrected chi connectivity index (χ1v) is 10.3. The molecule has 2 aromatic heterocycles. The number of carbonyl (C=O) groups is 3. The van der Waals surface area contributed by atoms with Gasteiger partial charge in [-0.15, -0.1) is 0 Å². The Morgan fingerprint density at radius 3 is 2.48 bits per heavy atom. The SMILES string of the molecule is Cc1ccc(-c2nn(-c3ccccc3)cc2/C=C/C(=O)OCC(=O)NC(=O)NC(C)(C)C)o1. The van der Waals surface area contributed by atoms with Crippen molar-refractivity contribution < 1.29 is 23.5 Å². The lowest BCUT2D eigenvalue weighted by atomic mass is 10.1. The zero-order valence-corrected chi connectivity index (χ0v) is 18.9.